The van der Waals surface area contributed by atoms with Crippen molar-refractivity contribution in [3.05, 3.63) is 86.5 Å². The highest BCUT2D eigenvalue weighted by Crippen LogP contribution is 2.38. The summed E-state index contributed by atoms with van der Waals surface area (Å²) >= 11 is 2.52. The molecule has 0 aliphatic carbocycles. The number of fused-ring (bicyclic) bond motifs is 6. The summed E-state index contributed by atoms with van der Waals surface area (Å²) in [5.41, 5.74) is 16.7. The van der Waals surface area contributed by atoms with Crippen molar-refractivity contribution in [2.24, 2.45) is 23.7 Å². The zero-order chi connectivity index (χ0) is 31.7. The lowest BCUT2D eigenvalue weighted by molar-refractivity contribution is 0.616. The molecule has 0 saturated heterocycles. The average Bonchev–Trinajstić information content (AvgIpc) is 3.51. The van der Waals surface area contributed by atoms with E-state index in [1.807, 2.05) is 18.2 Å². The Morgan fingerprint density at radius 2 is 0.955 bits per heavy atom. The molecule has 0 bridgehead atoms. The lowest BCUT2D eigenvalue weighted by Crippen LogP contribution is -2.06. The monoisotopic (exact) mass is 701 g/mol. The van der Waals surface area contributed by atoms with Crippen LogP contribution >= 0.6 is 22.6 Å². The highest BCUT2D eigenvalue weighted by Gasteiger charge is 2.20. The van der Waals surface area contributed by atoms with Gasteiger partial charge in [0.1, 0.15) is 22.3 Å². The Kier molecular flexibility index (Phi) is 9.99. The molecule has 2 heterocycles. The predicted molar refractivity (Wildman–Crippen MR) is 199 cm³/mol. The molecule has 0 spiro atoms. The molecule has 2 aromatic heterocycles. The molecule has 0 atom stereocenters. The van der Waals surface area contributed by atoms with E-state index in [4.69, 9.17) is 14.6 Å². The van der Waals surface area contributed by atoms with Gasteiger partial charge in [0, 0.05) is 41.9 Å². The number of nitrogen functional groups attached to an aromatic ring is 1. The fourth-order valence-electron chi connectivity index (χ4n) is 6.36. The van der Waals surface area contributed by atoms with Crippen molar-refractivity contribution in [3.63, 3.8) is 0 Å². The Hall–Kier alpha value is -2.99. The second kappa shape index (κ2) is 13.6. The smallest absolute Gasteiger partial charge is 0.140 e. The quantitative estimate of drug-likeness (QED) is 0.127. The highest BCUT2D eigenvalue weighted by molar-refractivity contribution is 14.1. The number of rotatable bonds is 8. The Labute approximate surface area is 276 Å². The van der Waals surface area contributed by atoms with Crippen LogP contribution in [-0.2, 0) is 25.7 Å². The maximum absolute atomic E-state index is 6.51. The topological polar surface area (TPSA) is 52.3 Å². The van der Waals surface area contributed by atoms with E-state index in [1.165, 1.54) is 47.4 Å². The number of hydrogen-bond donors (Lipinski definition) is 1. The van der Waals surface area contributed by atoms with E-state index >= 15 is 0 Å². The second-order valence-corrected chi connectivity index (χ2v) is 15.2. The van der Waals surface area contributed by atoms with Gasteiger partial charge in [0.15, 0.2) is 0 Å². The first-order valence-electron chi connectivity index (χ1n) is 16.3. The molecule has 6 rings (SSSR count). The number of nitrogens with two attached hydrogens (primary N) is 1. The van der Waals surface area contributed by atoms with E-state index in [0.717, 1.165) is 53.7 Å². The molecule has 0 unspecified atom stereocenters. The van der Waals surface area contributed by atoms with Crippen LogP contribution in [-0.4, -0.2) is 0 Å². The molecule has 0 radical (unpaired) electrons. The molecule has 0 saturated carbocycles. The Balaban J connectivity index is 0.000000175. The first-order chi connectivity index (χ1) is 20.9. The largest absolute Gasteiger partial charge is 0.456 e. The third-order valence-corrected chi connectivity index (χ3v) is 9.50. The van der Waals surface area contributed by atoms with Crippen LogP contribution in [0.15, 0.2) is 69.5 Å². The van der Waals surface area contributed by atoms with Crippen LogP contribution < -0.4 is 5.73 Å². The molecule has 6 aromatic rings. The summed E-state index contributed by atoms with van der Waals surface area (Å²) in [5, 5.41) is 4.91. The van der Waals surface area contributed by atoms with Gasteiger partial charge in [0.2, 0.25) is 0 Å². The number of furan rings is 2. The molecule has 4 aromatic carbocycles. The first-order valence-corrected chi connectivity index (χ1v) is 17.3. The zero-order valence-electron chi connectivity index (χ0n) is 27.7. The lowest BCUT2D eigenvalue weighted by Gasteiger charge is -2.15. The molecule has 44 heavy (non-hydrogen) atoms. The van der Waals surface area contributed by atoms with E-state index in [-0.39, 0.29) is 0 Å². The zero-order valence-corrected chi connectivity index (χ0v) is 29.8. The summed E-state index contributed by atoms with van der Waals surface area (Å²) in [6.45, 7) is 18.1. The molecule has 0 amide bonds. The SMILES string of the molecule is CC(C)Cc1cc2c(oc3ccccc32)c(CC(C)C)c1I.CC(C)Cc1cc2c(oc3ccccc32)c(CC(C)C)c1N. The molecule has 4 heteroatoms. The van der Waals surface area contributed by atoms with Gasteiger partial charge in [0.05, 0.1) is 0 Å². The van der Waals surface area contributed by atoms with E-state index < -0.39 is 0 Å². The van der Waals surface area contributed by atoms with Gasteiger partial charge in [-0.05, 0) is 107 Å². The van der Waals surface area contributed by atoms with Crippen molar-refractivity contribution in [2.45, 2.75) is 81.1 Å². The van der Waals surface area contributed by atoms with Gasteiger partial charge in [-0.15, -0.1) is 0 Å². The minimum absolute atomic E-state index is 0.549. The van der Waals surface area contributed by atoms with Crippen LogP contribution in [0.5, 0.6) is 0 Å². The van der Waals surface area contributed by atoms with Crippen molar-refractivity contribution in [2.75, 3.05) is 5.73 Å². The number of hydrogen-bond acceptors (Lipinski definition) is 3. The van der Waals surface area contributed by atoms with E-state index in [2.05, 4.69) is 120 Å². The summed E-state index contributed by atoms with van der Waals surface area (Å²) in [7, 11) is 0. The van der Waals surface area contributed by atoms with Gasteiger partial charge >= 0.3 is 0 Å². The maximum atomic E-state index is 6.51. The van der Waals surface area contributed by atoms with Crippen molar-refractivity contribution in [1.82, 2.24) is 0 Å². The van der Waals surface area contributed by atoms with Gasteiger partial charge < -0.3 is 14.6 Å². The fourth-order valence-corrected chi connectivity index (χ4v) is 7.20. The summed E-state index contributed by atoms with van der Waals surface area (Å²) in [6.07, 6.45) is 4.15. The minimum Gasteiger partial charge on any atom is -0.456 e. The molecular formula is C40H48INO2. The number of anilines is 1. The fraction of sp³-hybridized carbons (Fsp3) is 0.400. The molecule has 0 aliphatic rings. The lowest BCUT2D eigenvalue weighted by atomic mass is 9.92. The van der Waals surface area contributed by atoms with Crippen LogP contribution in [0, 0.1) is 27.2 Å². The third kappa shape index (κ3) is 6.80. The normalized spacial score (nSPS) is 12.1. The van der Waals surface area contributed by atoms with Gasteiger partial charge in [-0.3, -0.25) is 0 Å². The average molecular weight is 702 g/mol. The standard InChI is InChI=1S/C20H23IO.C20H25NO/c2*1-12(2)9-14-11-16-15-7-5-6-8-18(15)22-20(16)17(19(14)21)10-13(3)4/h5-8,11-13H,9-10H2,1-4H3;5-8,11-13H,9-10,21H2,1-4H3. The van der Waals surface area contributed by atoms with Crippen LogP contribution in [0.1, 0.15) is 77.6 Å². The summed E-state index contributed by atoms with van der Waals surface area (Å²) < 4.78 is 13.8. The number of benzene rings is 4. The minimum atomic E-state index is 0.549. The Bertz CT molecular complexity index is 1760. The Morgan fingerprint density at radius 3 is 1.45 bits per heavy atom. The second-order valence-electron chi connectivity index (χ2n) is 14.1. The first kappa shape index (κ1) is 32.4. The van der Waals surface area contributed by atoms with Crippen LogP contribution in [0.4, 0.5) is 5.69 Å². The molecule has 0 aliphatic heterocycles. The predicted octanol–water partition coefficient (Wildman–Crippen LogP) is 12.2. The van der Waals surface area contributed by atoms with Gasteiger partial charge in [0.25, 0.3) is 0 Å². The summed E-state index contributed by atoms with van der Waals surface area (Å²) in [5.74, 6) is 2.42. The number of para-hydroxylation sites is 2. The molecule has 2 N–H and O–H groups in total. The van der Waals surface area contributed by atoms with Crippen LogP contribution in [0.2, 0.25) is 0 Å². The van der Waals surface area contributed by atoms with Crippen molar-refractivity contribution < 1.29 is 8.83 Å². The molecule has 232 valence electrons. The van der Waals surface area contributed by atoms with Gasteiger partial charge in [-0.2, -0.15) is 0 Å². The Morgan fingerprint density at radius 1 is 0.545 bits per heavy atom. The van der Waals surface area contributed by atoms with Crippen LogP contribution in [0.3, 0.4) is 0 Å². The van der Waals surface area contributed by atoms with Crippen molar-refractivity contribution >= 4 is 72.2 Å². The summed E-state index contributed by atoms with van der Waals surface area (Å²) in [4.78, 5) is 0. The van der Waals surface area contributed by atoms with Gasteiger partial charge in [-0.1, -0.05) is 91.8 Å². The summed E-state index contributed by atoms with van der Waals surface area (Å²) in [6, 6.07) is 21.2. The van der Waals surface area contributed by atoms with Gasteiger partial charge in [-0.25, -0.2) is 0 Å². The number of halogens is 1. The highest BCUT2D eigenvalue weighted by atomic mass is 127. The molecular weight excluding hydrogens is 653 g/mol. The molecule has 0 fully saturated rings. The van der Waals surface area contributed by atoms with E-state index in [1.54, 1.807) is 0 Å². The van der Waals surface area contributed by atoms with Crippen LogP contribution in [0.25, 0.3) is 43.9 Å². The van der Waals surface area contributed by atoms with Crippen molar-refractivity contribution in [1.29, 1.82) is 0 Å². The van der Waals surface area contributed by atoms with E-state index in [9.17, 15) is 0 Å². The molecule has 3 nitrogen and oxygen atoms in total. The van der Waals surface area contributed by atoms with Crippen molar-refractivity contribution in [3.8, 4) is 0 Å². The maximum Gasteiger partial charge on any atom is 0.140 e. The third-order valence-electron chi connectivity index (χ3n) is 8.15. The van der Waals surface area contributed by atoms with E-state index in [0.29, 0.717) is 23.7 Å².